The Balaban J connectivity index is 1.46. The van der Waals surface area contributed by atoms with Crippen molar-refractivity contribution < 1.29 is 19.2 Å². The molecule has 5 nitrogen and oxygen atoms in total. The number of benzene rings is 2. The fourth-order valence-electron chi connectivity index (χ4n) is 3.61. The summed E-state index contributed by atoms with van der Waals surface area (Å²) in [5.74, 6) is 1.28. The van der Waals surface area contributed by atoms with E-state index in [2.05, 4.69) is 35.6 Å². The Kier molecular flexibility index (Phi) is 7.09. The number of likely N-dealkylation sites (tertiary alicyclic amines) is 1. The van der Waals surface area contributed by atoms with Crippen molar-refractivity contribution >= 4 is 12.0 Å². The summed E-state index contributed by atoms with van der Waals surface area (Å²) in [4.78, 5) is 13.9. The van der Waals surface area contributed by atoms with E-state index in [0.717, 1.165) is 38.0 Å². The summed E-state index contributed by atoms with van der Waals surface area (Å²) in [5, 5.41) is 3.13. The van der Waals surface area contributed by atoms with Gasteiger partial charge in [-0.1, -0.05) is 36.4 Å². The van der Waals surface area contributed by atoms with Crippen LogP contribution in [0.25, 0.3) is 6.08 Å². The summed E-state index contributed by atoms with van der Waals surface area (Å²) in [6.45, 7) is 3.22. The fourth-order valence-corrected chi connectivity index (χ4v) is 3.61. The first-order chi connectivity index (χ1) is 13.7. The van der Waals surface area contributed by atoms with Crippen LogP contribution in [-0.4, -0.2) is 39.3 Å². The summed E-state index contributed by atoms with van der Waals surface area (Å²) >= 11 is 0. The van der Waals surface area contributed by atoms with E-state index in [1.807, 2.05) is 18.2 Å². The highest BCUT2D eigenvalue weighted by Crippen LogP contribution is 2.27. The smallest absolute Gasteiger partial charge is 0.244 e. The third-order valence-corrected chi connectivity index (χ3v) is 5.17. The van der Waals surface area contributed by atoms with Gasteiger partial charge in [-0.25, -0.2) is 0 Å². The minimum Gasteiger partial charge on any atom is -0.493 e. The van der Waals surface area contributed by atoms with Gasteiger partial charge in [0.1, 0.15) is 6.54 Å². The van der Waals surface area contributed by atoms with Crippen LogP contribution in [-0.2, 0) is 11.3 Å². The maximum atomic E-state index is 12.3. The van der Waals surface area contributed by atoms with Crippen molar-refractivity contribution in [1.29, 1.82) is 0 Å². The van der Waals surface area contributed by atoms with Crippen LogP contribution in [0.5, 0.6) is 11.5 Å². The van der Waals surface area contributed by atoms with Gasteiger partial charge in [0.15, 0.2) is 11.5 Å². The molecule has 2 aromatic carbocycles. The molecular formula is C23H29N2O3+. The Bertz CT molecular complexity index is 797. The zero-order valence-electron chi connectivity index (χ0n) is 16.6. The lowest BCUT2D eigenvalue weighted by molar-refractivity contribution is -0.918. The molecule has 1 aliphatic heterocycles. The third-order valence-electron chi connectivity index (χ3n) is 5.17. The van der Waals surface area contributed by atoms with E-state index in [0.29, 0.717) is 11.5 Å². The number of carbonyl (C=O) groups is 1. The van der Waals surface area contributed by atoms with E-state index >= 15 is 0 Å². The number of methoxy groups -OCH3 is 2. The fraction of sp³-hybridized carbons (Fsp3) is 0.348. The zero-order valence-corrected chi connectivity index (χ0v) is 16.6. The van der Waals surface area contributed by atoms with Crippen molar-refractivity contribution in [2.45, 2.75) is 25.4 Å². The minimum absolute atomic E-state index is 0.0497. The lowest BCUT2D eigenvalue weighted by atomic mass is 10.0. The Morgan fingerprint density at radius 3 is 2.46 bits per heavy atom. The average Bonchev–Trinajstić information content (AvgIpc) is 2.74. The van der Waals surface area contributed by atoms with E-state index < -0.39 is 0 Å². The van der Waals surface area contributed by atoms with Crippen LogP contribution in [0.1, 0.15) is 24.0 Å². The average molecular weight is 381 g/mol. The van der Waals surface area contributed by atoms with Gasteiger partial charge in [-0.2, -0.15) is 0 Å². The van der Waals surface area contributed by atoms with Gasteiger partial charge in [-0.05, 0) is 23.8 Å². The summed E-state index contributed by atoms with van der Waals surface area (Å²) in [7, 11) is 3.21. The second-order valence-corrected chi connectivity index (χ2v) is 7.14. The summed E-state index contributed by atoms with van der Waals surface area (Å²) in [6, 6.07) is 16.4. The molecule has 5 heteroatoms. The molecule has 1 saturated heterocycles. The molecule has 1 fully saturated rings. The Morgan fingerprint density at radius 1 is 1.07 bits per heavy atom. The molecule has 28 heavy (non-hydrogen) atoms. The largest absolute Gasteiger partial charge is 0.493 e. The molecule has 0 atom stereocenters. The molecule has 0 saturated carbocycles. The highest BCUT2D eigenvalue weighted by atomic mass is 16.5. The van der Waals surface area contributed by atoms with Crippen LogP contribution in [0.4, 0.5) is 0 Å². The number of nitrogens with one attached hydrogen (secondary N) is 2. The number of piperidine rings is 1. The van der Waals surface area contributed by atoms with Gasteiger partial charge in [0.2, 0.25) is 5.91 Å². The van der Waals surface area contributed by atoms with Crippen molar-refractivity contribution in [3.05, 3.63) is 65.7 Å². The number of quaternary nitrogens is 1. The SMILES string of the molecule is COc1ccc(/C=C/C(=O)NC2CC[NH+](Cc3ccccc3)CC2)cc1OC. The van der Waals surface area contributed by atoms with Crippen LogP contribution in [0.3, 0.4) is 0 Å². The second kappa shape index (κ2) is 9.95. The quantitative estimate of drug-likeness (QED) is 0.722. The number of hydrogen-bond donors (Lipinski definition) is 2. The predicted octanol–water partition coefficient (Wildman–Crippen LogP) is 2.08. The highest BCUT2D eigenvalue weighted by molar-refractivity contribution is 5.92. The Labute approximate surface area is 167 Å². The molecule has 0 bridgehead atoms. The first-order valence-electron chi connectivity index (χ1n) is 9.76. The van der Waals surface area contributed by atoms with Crippen molar-refractivity contribution in [1.82, 2.24) is 5.32 Å². The molecule has 2 aromatic rings. The van der Waals surface area contributed by atoms with E-state index in [1.54, 1.807) is 31.3 Å². The molecule has 0 radical (unpaired) electrons. The van der Waals surface area contributed by atoms with E-state index in [4.69, 9.17) is 9.47 Å². The van der Waals surface area contributed by atoms with Gasteiger partial charge in [0.25, 0.3) is 0 Å². The van der Waals surface area contributed by atoms with Crippen LogP contribution >= 0.6 is 0 Å². The summed E-state index contributed by atoms with van der Waals surface area (Å²) < 4.78 is 10.5. The van der Waals surface area contributed by atoms with E-state index in [1.165, 1.54) is 5.56 Å². The van der Waals surface area contributed by atoms with Gasteiger partial charge in [0, 0.05) is 30.5 Å². The first-order valence-corrected chi connectivity index (χ1v) is 9.76. The molecule has 0 aromatic heterocycles. The highest BCUT2D eigenvalue weighted by Gasteiger charge is 2.22. The van der Waals surface area contributed by atoms with Crippen molar-refractivity contribution in [3.63, 3.8) is 0 Å². The number of rotatable bonds is 7. The standard InChI is InChI=1S/C23H28N2O3/c1-27-21-10-8-18(16-22(21)28-2)9-11-23(26)24-20-12-14-25(15-13-20)17-19-6-4-3-5-7-19/h3-11,16,20H,12-15,17H2,1-2H3,(H,24,26)/p+1/b11-9+. The third kappa shape index (κ3) is 5.60. The van der Waals surface area contributed by atoms with E-state index in [9.17, 15) is 4.79 Å². The second-order valence-electron chi connectivity index (χ2n) is 7.14. The zero-order chi connectivity index (χ0) is 19.8. The lowest BCUT2D eigenvalue weighted by Crippen LogP contribution is -3.12. The predicted molar refractivity (Wildman–Crippen MR) is 111 cm³/mol. The van der Waals surface area contributed by atoms with Crippen molar-refractivity contribution in [2.24, 2.45) is 0 Å². The summed E-state index contributed by atoms with van der Waals surface area (Å²) in [6.07, 6.45) is 5.41. The number of ether oxygens (including phenoxy) is 2. The topological polar surface area (TPSA) is 52.0 Å². The first kappa shape index (κ1) is 20.0. The maximum Gasteiger partial charge on any atom is 0.244 e. The van der Waals surface area contributed by atoms with Crippen LogP contribution in [0, 0.1) is 0 Å². The molecule has 1 heterocycles. The molecule has 3 rings (SSSR count). The monoisotopic (exact) mass is 381 g/mol. The Morgan fingerprint density at radius 2 is 1.79 bits per heavy atom. The van der Waals surface area contributed by atoms with Gasteiger partial charge >= 0.3 is 0 Å². The minimum atomic E-state index is -0.0497. The lowest BCUT2D eigenvalue weighted by Gasteiger charge is -2.29. The van der Waals surface area contributed by atoms with Crippen LogP contribution < -0.4 is 19.7 Å². The molecule has 148 valence electrons. The normalized spacial score (nSPS) is 19.4. The van der Waals surface area contributed by atoms with Crippen LogP contribution in [0.2, 0.25) is 0 Å². The molecule has 0 spiro atoms. The summed E-state index contributed by atoms with van der Waals surface area (Å²) in [5.41, 5.74) is 2.27. The molecule has 2 N–H and O–H groups in total. The van der Waals surface area contributed by atoms with Crippen LogP contribution in [0.15, 0.2) is 54.6 Å². The van der Waals surface area contributed by atoms with E-state index in [-0.39, 0.29) is 11.9 Å². The number of amides is 1. The molecular weight excluding hydrogens is 352 g/mol. The molecule has 0 aliphatic carbocycles. The van der Waals surface area contributed by atoms with Gasteiger partial charge in [0.05, 0.1) is 27.3 Å². The number of hydrogen-bond acceptors (Lipinski definition) is 3. The van der Waals surface area contributed by atoms with Crippen molar-refractivity contribution in [3.8, 4) is 11.5 Å². The number of carbonyl (C=O) groups excluding carboxylic acids is 1. The molecule has 1 amide bonds. The maximum absolute atomic E-state index is 12.3. The van der Waals surface area contributed by atoms with Gasteiger partial charge in [-0.15, -0.1) is 0 Å². The van der Waals surface area contributed by atoms with Crippen molar-refractivity contribution in [2.75, 3.05) is 27.3 Å². The molecule has 1 aliphatic rings. The van der Waals surface area contributed by atoms with Gasteiger partial charge in [-0.3, -0.25) is 4.79 Å². The Hall–Kier alpha value is -2.79. The van der Waals surface area contributed by atoms with Gasteiger partial charge < -0.3 is 19.7 Å². The molecule has 0 unspecified atom stereocenters.